The van der Waals surface area contributed by atoms with Gasteiger partial charge in [-0.25, -0.2) is 0 Å². The molecule has 0 fully saturated rings. The van der Waals surface area contributed by atoms with Gasteiger partial charge in [0.15, 0.2) is 0 Å². The molecule has 1 heterocycles. The molecule has 0 radical (unpaired) electrons. The first-order chi connectivity index (χ1) is 9.40. The average Bonchev–Trinajstić information content (AvgIpc) is 3.01. The van der Waals surface area contributed by atoms with Crippen molar-refractivity contribution >= 4 is 0 Å². The van der Waals surface area contributed by atoms with Gasteiger partial charge < -0.3 is 9.15 Å². The van der Waals surface area contributed by atoms with Crippen LogP contribution in [-0.4, -0.2) is 7.11 Å². The topological polar surface area (TPSA) is 22.4 Å². The summed E-state index contributed by atoms with van der Waals surface area (Å²) >= 11 is 0. The molecular formula is C17H14O2. The molecule has 0 unspecified atom stereocenters. The molecule has 19 heavy (non-hydrogen) atoms. The lowest BCUT2D eigenvalue weighted by Gasteiger charge is -2.11. The molecule has 2 heteroatoms. The van der Waals surface area contributed by atoms with E-state index in [0.717, 1.165) is 28.2 Å². The Balaban J connectivity index is 2.21. The maximum absolute atomic E-state index is 5.51. The lowest BCUT2D eigenvalue weighted by molar-refractivity contribution is 0.416. The summed E-state index contributed by atoms with van der Waals surface area (Å²) in [6.45, 7) is 0. The van der Waals surface area contributed by atoms with Gasteiger partial charge in [0, 0.05) is 11.1 Å². The molecule has 0 atom stereocenters. The molecule has 2 nitrogen and oxygen atoms in total. The van der Waals surface area contributed by atoms with Crippen molar-refractivity contribution in [3.63, 3.8) is 0 Å². The van der Waals surface area contributed by atoms with Gasteiger partial charge >= 0.3 is 0 Å². The average molecular weight is 250 g/mol. The van der Waals surface area contributed by atoms with E-state index < -0.39 is 0 Å². The highest BCUT2D eigenvalue weighted by atomic mass is 16.5. The van der Waals surface area contributed by atoms with Crippen LogP contribution in [0.2, 0.25) is 0 Å². The number of furan rings is 1. The minimum absolute atomic E-state index is 0.863. The minimum Gasteiger partial charge on any atom is -0.496 e. The number of hydrogen-bond acceptors (Lipinski definition) is 2. The fourth-order valence-electron chi connectivity index (χ4n) is 2.23. The van der Waals surface area contributed by atoms with E-state index in [9.17, 15) is 0 Å². The summed E-state index contributed by atoms with van der Waals surface area (Å²) in [5, 5.41) is 0. The van der Waals surface area contributed by atoms with Gasteiger partial charge in [-0.2, -0.15) is 0 Å². The van der Waals surface area contributed by atoms with Gasteiger partial charge in [0.2, 0.25) is 0 Å². The molecule has 0 N–H and O–H groups in total. The maximum atomic E-state index is 5.51. The largest absolute Gasteiger partial charge is 0.496 e. The van der Waals surface area contributed by atoms with Gasteiger partial charge in [0.1, 0.15) is 11.5 Å². The first-order valence-corrected chi connectivity index (χ1v) is 6.16. The Morgan fingerprint density at radius 3 is 2.11 bits per heavy atom. The lowest BCUT2D eigenvalue weighted by Crippen LogP contribution is -1.89. The number of para-hydroxylation sites is 1. The van der Waals surface area contributed by atoms with Gasteiger partial charge in [0.05, 0.1) is 13.4 Å². The predicted molar refractivity (Wildman–Crippen MR) is 76.1 cm³/mol. The maximum Gasteiger partial charge on any atom is 0.134 e. The van der Waals surface area contributed by atoms with E-state index in [0.29, 0.717) is 0 Å². The van der Waals surface area contributed by atoms with Crippen LogP contribution in [0.3, 0.4) is 0 Å². The quantitative estimate of drug-likeness (QED) is 0.676. The zero-order valence-electron chi connectivity index (χ0n) is 10.7. The third-order valence-corrected chi connectivity index (χ3v) is 3.11. The molecule has 3 rings (SSSR count). The second kappa shape index (κ2) is 5.02. The molecule has 3 aromatic rings. The van der Waals surface area contributed by atoms with Gasteiger partial charge in [0.25, 0.3) is 0 Å². The highest BCUT2D eigenvalue weighted by Crippen LogP contribution is 2.36. The molecular weight excluding hydrogens is 236 g/mol. The molecule has 0 saturated carbocycles. The van der Waals surface area contributed by atoms with E-state index in [1.807, 2.05) is 42.5 Å². The Labute approximate surface area is 112 Å². The van der Waals surface area contributed by atoms with Crippen LogP contribution >= 0.6 is 0 Å². The van der Waals surface area contributed by atoms with Crippen LogP contribution in [-0.2, 0) is 0 Å². The van der Waals surface area contributed by atoms with Crippen molar-refractivity contribution in [1.29, 1.82) is 0 Å². The van der Waals surface area contributed by atoms with Crippen molar-refractivity contribution in [2.24, 2.45) is 0 Å². The third kappa shape index (κ3) is 2.13. The molecule has 0 aliphatic carbocycles. The molecule has 0 aliphatic heterocycles. The Kier molecular flexibility index (Phi) is 3.07. The normalized spacial score (nSPS) is 10.4. The fraction of sp³-hybridized carbons (Fsp3) is 0.0588. The fourth-order valence-corrected chi connectivity index (χ4v) is 2.23. The standard InChI is InChI=1S/C17H14O2/c1-18-16-10-5-4-8-14(16)13-7-2-3-9-15(13)17-11-6-12-19-17/h2-12H,1H3. The van der Waals surface area contributed by atoms with Crippen LogP contribution < -0.4 is 4.74 Å². The summed E-state index contributed by atoms with van der Waals surface area (Å²) < 4.78 is 11.0. The highest BCUT2D eigenvalue weighted by molar-refractivity contribution is 5.84. The zero-order chi connectivity index (χ0) is 13.1. The van der Waals surface area contributed by atoms with Gasteiger partial charge in [-0.05, 0) is 23.8 Å². The smallest absolute Gasteiger partial charge is 0.134 e. The lowest BCUT2D eigenvalue weighted by atomic mass is 9.97. The van der Waals surface area contributed by atoms with E-state index in [1.54, 1.807) is 13.4 Å². The SMILES string of the molecule is COc1ccccc1-c1ccccc1-c1ccco1. The molecule has 0 bridgehead atoms. The van der Waals surface area contributed by atoms with Crippen molar-refractivity contribution in [3.05, 3.63) is 66.9 Å². The van der Waals surface area contributed by atoms with Crippen LogP contribution in [0.1, 0.15) is 0 Å². The van der Waals surface area contributed by atoms with E-state index in [4.69, 9.17) is 9.15 Å². The van der Waals surface area contributed by atoms with E-state index in [2.05, 4.69) is 18.2 Å². The Bertz CT molecular complexity index is 669. The van der Waals surface area contributed by atoms with Gasteiger partial charge in [-0.1, -0.05) is 42.5 Å². The van der Waals surface area contributed by atoms with Crippen LogP contribution in [0.25, 0.3) is 22.5 Å². The predicted octanol–water partition coefficient (Wildman–Crippen LogP) is 4.62. The van der Waals surface area contributed by atoms with E-state index >= 15 is 0 Å². The van der Waals surface area contributed by atoms with Gasteiger partial charge in [-0.15, -0.1) is 0 Å². The van der Waals surface area contributed by atoms with Crippen LogP contribution in [0.5, 0.6) is 5.75 Å². The van der Waals surface area contributed by atoms with Crippen molar-refractivity contribution in [2.75, 3.05) is 7.11 Å². The Hall–Kier alpha value is -2.48. The summed E-state index contributed by atoms with van der Waals surface area (Å²) in [5.41, 5.74) is 3.24. The molecule has 2 aromatic carbocycles. The molecule has 94 valence electrons. The Morgan fingerprint density at radius 1 is 0.737 bits per heavy atom. The number of benzene rings is 2. The van der Waals surface area contributed by atoms with Crippen LogP contribution in [0.15, 0.2) is 71.3 Å². The summed E-state index contributed by atoms with van der Waals surface area (Å²) in [7, 11) is 1.69. The van der Waals surface area contributed by atoms with Crippen LogP contribution in [0, 0.1) is 0 Å². The number of methoxy groups -OCH3 is 1. The number of hydrogen-bond donors (Lipinski definition) is 0. The molecule has 0 saturated heterocycles. The molecule has 1 aromatic heterocycles. The summed E-state index contributed by atoms with van der Waals surface area (Å²) in [6.07, 6.45) is 1.69. The van der Waals surface area contributed by atoms with Gasteiger partial charge in [-0.3, -0.25) is 0 Å². The third-order valence-electron chi connectivity index (χ3n) is 3.11. The molecule has 0 aliphatic rings. The first kappa shape index (κ1) is 11.6. The number of rotatable bonds is 3. The van der Waals surface area contributed by atoms with Crippen molar-refractivity contribution in [3.8, 4) is 28.2 Å². The van der Waals surface area contributed by atoms with Crippen molar-refractivity contribution in [1.82, 2.24) is 0 Å². The van der Waals surface area contributed by atoms with Crippen molar-refractivity contribution < 1.29 is 9.15 Å². The zero-order valence-corrected chi connectivity index (χ0v) is 10.7. The van der Waals surface area contributed by atoms with E-state index in [-0.39, 0.29) is 0 Å². The summed E-state index contributed by atoms with van der Waals surface area (Å²) in [4.78, 5) is 0. The van der Waals surface area contributed by atoms with Crippen molar-refractivity contribution in [2.45, 2.75) is 0 Å². The monoisotopic (exact) mass is 250 g/mol. The van der Waals surface area contributed by atoms with Crippen LogP contribution in [0.4, 0.5) is 0 Å². The number of ether oxygens (including phenoxy) is 1. The molecule has 0 spiro atoms. The second-order valence-electron chi connectivity index (χ2n) is 4.22. The summed E-state index contributed by atoms with van der Waals surface area (Å²) in [6, 6.07) is 20.0. The van der Waals surface area contributed by atoms with E-state index in [1.165, 1.54) is 0 Å². The highest BCUT2D eigenvalue weighted by Gasteiger charge is 2.12. The summed E-state index contributed by atoms with van der Waals surface area (Å²) in [5.74, 6) is 1.73. The molecule has 0 amide bonds. The minimum atomic E-state index is 0.863. The first-order valence-electron chi connectivity index (χ1n) is 6.16. The Morgan fingerprint density at radius 2 is 1.42 bits per heavy atom. The second-order valence-corrected chi connectivity index (χ2v) is 4.22.